The van der Waals surface area contributed by atoms with Crippen LogP contribution in [0.25, 0.3) is 0 Å². The van der Waals surface area contributed by atoms with Gasteiger partial charge in [-0.15, -0.1) is 0 Å². The molecule has 0 bridgehead atoms. The fourth-order valence-electron chi connectivity index (χ4n) is 4.59. The topological polar surface area (TPSA) is 131 Å². The Morgan fingerprint density at radius 2 is 1.72 bits per heavy atom. The molecule has 2 aromatic heterocycles. The largest absolute Gasteiger partial charge is 0.462 e. The van der Waals surface area contributed by atoms with Crippen molar-refractivity contribution >= 4 is 27.7 Å². The molecule has 0 spiro atoms. The predicted molar refractivity (Wildman–Crippen MR) is 146 cm³/mol. The maximum Gasteiger partial charge on any atom is 0.341 e. The van der Waals surface area contributed by atoms with Gasteiger partial charge in [0.25, 0.3) is 5.91 Å². The van der Waals surface area contributed by atoms with Gasteiger partial charge in [-0.1, -0.05) is 32.9 Å². The maximum atomic E-state index is 12.9. The molecule has 1 amide bonds. The second kappa shape index (κ2) is 11.9. The number of nitrogens with zero attached hydrogens (tertiary/aromatic N) is 4. The fourth-order valence-corrected chi connectivity index (χ4v) is 5.48. The normalized spacial score (nSPS) is 15.1. The van der Waals surface area contributed by atoms with Crippen LogP contribution in [-0.2, 0) is 27.5 Å². The minimum Gasteiger partial charge on any atom is -0.462 e. The Hall–Kier alpha value is -3.86. The SMILES string of the molecule is CCOC(=O)c1cnc(N2CCc3cc(C(=O)NCc4ccc(S(=O)(=O)CC)cc4)cnc3[C@H]2C(C)C)nc1. The molecule has 0 radical (unpaired) electrons. The Morgan fingerprint density at radius 3 is 2.33 bits per heavy atom. The van der Waals surface area contributed by atoms with Gasteiger partial charge in [0, 0.05) is 31.7 Å². The van der Waals surface area contributed by atoms with E-state index in [1.54, 1.807) is 44.3 Å². The molecule has 3 aromatic rings. The lowest BCUT2D eigenvalue weighted by atomic mass is 9.89. The number of pyridine rings is 1. The quantitative estimate of drug-likeness (QED) is 0.397. The van der Waals surface area contributed by atoms with Gasteiger partial charge >= 0.3 is 5.97 Å². The van der Waals surface area contributed by atoms with Crippen LogP contribution in [0.1, 0.15) is 71.3 Å². The van der Waals surface area contributed by atoms with Crippen molar-refractivity contribution in [1.29, 1.82) is 0 Å². The Balaban J connectivity index is 1.47. The van der Waals surface area contributed by atoms with Crippen molar-refractivity contribution < 1.29 is 22.7 Å². The number of carbonyl (C=O) groups is 2. The number of ether oxygens (including phenoxy) is 1. The molecular formula is C28H33N5O5S. The average Bonchev–Trinajstić information content (AvgIpc) is 2.95. The summed E-state index contributed by atoms with van der Waals surface area (Å²) in [7, 11) is -3.26. The summed E-state index contributed by atoms with van der Waals surface area (Å²) in [4.78, 5) is 40.7. The molecule has 0 saturated heterocycles. The van der Waals surface area contributed by atoms with Gasteiger partial charge in [-0.25, -0.2) is 23.2 Å². The molecule has 1 aliphatic heterocycles. The standard InChI is InChI=1S/C28H33N5O5S/c1-5-38-27(35)22-16-31-28(32-17-22)33-12-11-20-13-21(15-29-24(20)25(33)18(3)4)26(34)30-14-19-7-9-23(10-8-19)39(36,37)6-2/h7-10,13,15-18,25H,5-6,11-12,14H2,1-4H3,(H,30,34)/t25-/m1/s1. The first-order chi connectivity index (χ1) is 18.6. The highest BCUT2D eigenvalue weighted by molar-refractivity contribution is 7.91. The average molecular weight is 552 g/mol. The zero-order valence-electron chi connectivity index (χ0n) is 22.5. The molecular weight excluding hydrogens is 518 g/mol. The lowest BCUT2D eigenvalue weighted by molar-refractivity contribution is 0.0525. The van der Waals surface area contributed by atoms with Crippen LogP contribution in [-0.4, -0.2) is 54.2 Å². The summed E-state index contributed by atoms with van der Waals surface area (Å²) in [5, 5.41) is 2.89. The molecule has 10 nitrogen and oxygen atoms in total. The number of esters is 1. The van der Waals surface area contributed by atoms with E-state index in [0.717, 1.165) is 16.8 Å². The summed E-state index contributed by atoms with van der Waals surface area (Å²) in [6.45, 7) is 8.73. The van der Waals surface area contributed by atoms with E-state index in [9.17, 15) is 18.0 Å². The van der Waals surface area contributed by atoms with Gasteiger partial charge < -0.3 is 15.0 Å². The predicted octanol–water partition coefficient (Wildman–Crippen LogP) is 3.53. The van der Waals surface area contributed by atoms with Crippen molar-refractivity contribution in [2.45, 2.75) is 51.6 Å². The third kappa shape index (κ3) is 6.25. The van der Waals surface area contributed by atoms with Gasteiger partial charge in [-0.3, -0.25) is 9.78 Å². The first-order valence-electron chi connectivity index (χ1n) is 13.0. The van der Waals surface area contributed by atoms with Crippen molar-refractivity contribution in [3.8, 4) is 0 Å². The minimum absolute atomic E-state index is 0.0403. The number of hydrogen-bond acceptors (Lipinski definition) is 9. The number of hydrogen-bond donors (Lipinski definition) is 1. The highest BCUT2D eigenvalue weighted by Gasteiger charge is 2.33. The van der Waals surface area contributed by atoms with Gasteiger partial charge in [0.15, 0.2) is 9.84 Å². The second-order valence-electron chi connectivity index (χ2n) is 9.62. The van der Waals surface area contributed by atoms with Crippen molar-refractivity contribution in [1.82, 2.24) is 20.3 Å². The van der Waals surface area contributed by atoms with Crippen LogP contribution in [0, 0.1) is 5.92 Å². The van der Waals surface area contributed by atoms with Crippen LogP contribution in [0.2, 0.25) is 0 Å². The highest BCUT2D eigenvalue weighted by Crippen LogP contribution is 2.36. The monoisotopic (exact) mass is 551 g/mol. The van der Waals surface area contributed by atoms with Gasteiger partial charge in [-0.05, 0) is 48.6 Å². The highest BCUT2D eigenvalue weighted by atomic mass is 32.2. The number of fused-ring (bicyclic) bond motifs is 1. The lowest BCUT2D eigenvalue weighted by Gasteiger charge is -2.39. The van der Waals surface area contributed by atoms with E-state index in [-0.39, 0.29) is 41.7 Å². The molecule has 0 saturated carbocycles. The number of nitrogens with one attached hydrogen (secondary N) is 1. The molecule has 39 heavy (non-hydrogen) atoms. The Morgan fingerprint density at radius 1 is 1.05 bits per heavy atom. The van der Waals surface area contributed by atoms with E-state index >= 15 is 0 Å². The summed E-state index contributed by atoms with van der Waals surface area (Å²) < 4.78 is 29.0. The Bertz CT molecular complexity index is 1440. The van der Waals surface area contributed by atoms with Gasteiger partial charge in [-0.2, -0.15) is 0 Å². The lowest BCUT2D eigenvalue weighted by Crippen LogP contribution is -2.40. The zero-order chi connectivity index (χ0) is 28.2. The van der Waals surface area contributed by atoms with Gasteiger partial charge in [0.05, 0.1) is 40.1 Å². The molecule has 1 atom stereocenters. The van der Waals surface area contributed by atoms with E-state index in [2.05, 4.69) is 34.0 Å². The first kappa shape index (κ1) is 28.2. The van der Waals surface area contributed by atoms with E-state index in [1.165, 1.54) is 12.4 Å². The molecule has 1 aliphatic rings. The minimum atomic E-state index is -3.26. The third-order valence-electron chi connectivity index (χ3n) is 6.65. The van der Waals surface area contributed by atoms with Crippen molar-refractivity contribution in [3.63, 3.8) is 0 Å². The number of benzene rings is 1. The Labute approximate surface area is 228 Å². The van der Waals surface area contributed by atoms with E-state index in [1.807, 2.05) is 6.07 Å². The van der Waals surface area contributed by atoms with Crippen molar-refractivity contribution in [2.75, 3.05) is 23.8 Å². The zero-order valence-corrected chi connectivity index (χ0v) is 23.4. The summed E-state index contributed by atoms with van der Waals surface area (Å²) in [6.07, 6.45) is 5.19. The molecule has 3 heterocycles. The molecule has 1 N–H and O–H groups in total. The van der Waals surface area contributed by atoms with Crippen LogP contribution in [0.3, 0.4) is 0 Å². The van der Waals surface area contributed by atoms with Gasteiger partial charge in [0.2, 0.25) is 5.95 Å². The number of sulfone groups is 1. The van der Waals surface area contributed by atoms with Gasteiger partial charge in [0.1, 0.15) is 0 Å². The third-order valence-corrected chi connectivity index (χ3v) is 8.41. The second-order valence-corrected chi connectivity index (χ2v) is 11.9. The molecule has 11 heteroatoms. The fraction of sp³-hybridized carbons (Fsp3) is 0.393. The molecule has 0 aliphatic carbocycles. The summed E-state index contributed by atoms with van der Waals surface area (Å²) in [5.41, 5.74) is 3.43. The summed E-state index contributed by atoms with van der Waals surface area (Å²) >= 11 is 0. The van der Waals surface area contributed by atoms with Crippen LogP contribution in [0.5, 0.6) is 0 Å². The summed E-state index contributed by atoms with van der Waals surface area (Å²) in [5.74, 6) is 0.0238. The van der Waals surface area contributed by atoms with Crippen molar-refractivity contribution in [3.05, 3.63) is 76.9 Å². The number of anilines is 1. The van der Waals surface area contributed by atoms with E-state index in [0.29, 0.717) is 30.0 Å². The first-order valence-corrected chi connectivity index (χ1v) is 14.6. The van der Waals surface area contributed by atoms with Crippen molar-refractivity contribution in [2.24, 2.45) is 5.92 Å². The molecule has 1 aromatic carbocycles. The number of rotatable bonds is 9. The summed E-state index contributed by atoms with van der Waals surface area (Å²) in [6, 6.07) is 8.32. The van der Waals surface area contributed by atoms with Crippen LogP contribution < -0.4 is 10.2 Å². The molecule has 0 unspecified atom stereocenters. The maximum absolute atomic E-state index is 12.9. The molecule has 206 valence electrons. The van der Waals surface area contributed by atoms with Crippen LogP contribution in [0.4, 0.5) is 5.95 Å². The van der Waals surface area contributed by atoms with Crippen LogP contribution >= 0.6 is 0 Å². The molecule has 0 fully saturated rings. The Kier molecular flexibility index (Phi) is 8.59. The van der Waals surface area contributed by atoms with E-state index in [4.69, 9.17) is 9.72 Å². The number of carbonyl (C=O) groups excluding carboxylic acids is 2. The smallest absolute Gasteiger partial charge is 0.341 e. The van der Waals surface area contributed by atoms with Crippen LogP contribution in [0.15, 0.2) is 53.8 Å². The number of aromatic nitrogens is 3. The van der Waals surface area contributed by atoms with E-state index < -0.39 is 15.8 Å². The molecule has 4 rings (SSSR count). The number of amides is 1.